The molecule has 0 aromatic heterocycles. The highest BCUT2D eigenvalue weighted by Gasteiger charge is 2.64. The average molecular weight is 356 g/mol. The van der Waals surface area contributed by atoms with Crippen LogP contribution >= 0.6 is 0 Å². The molecule has 26 heavy (non-hydrogen) atoms. The van der Waals surface area contributed by atoms with Crippen LogP contribution in [-0.2, 0) is 4.74 Å². The van der Waals surface area contributed by atoms with Crippen molar-refractivity contribution in [3.05, 3.63) is 23.8 Å². The molecule has 7 atom stereocenters. The van der Waals surface area contributed by atoms with E-state index >= 15 is 0 Å². The third-order valence-electron chi connectivity index (χ3n) is 9.14. The van der Waals surface area contributed by atoms with Crippen LogP contribution < -0.4 is 0 Å². The first-order valence-corrected chi connectivity index (χ1v) is 10.8. The van der Waals surface area contributed by atoms with Crippen LogP contribution in [0.2, 0.25) is 0 Å². The topological polar surface area (TPSA) is 41.8 Å². The molecule has 0 aromatic carbocycles. The summed E-state index contributed by atoms with van der Waals surface area (Å²) in [5.74, 6) is 4.01. The van der Waals surface area contributed by atoms with Gasteiger partial charge in [-0.25, -0.2) is 0 Å². The van der Waals surface area contributed by atoms with E-state index in [-0.39, 0.29) is 5.60 Å². The van der Waals surface area contributed by atoms with E-state index in [4.69, 9.17) is 4.74 Å². The lowest BCUT2D eigenvalue weighted by Crippen LogP contribution is -2.54. The second-order valence-electron chi connectivity index (χ2n) is 9.77. The second kappa shape index (κ2) is 5.95. The van der Waals surface area contributed by atoms with Crippen LogP contribution in [-0.4, -0.2) is 23.1 Å². The van der Waals surface area contributed by atoms with Crippen LogP contribution in [0.15, 0.2) is 29.0 Å². The molecule has 1 N–H and O–H groups in total. The number of hydrogen-bond acceptors (Lipinski definition) is 3. The minimum absolute atomic E-state index is 0.0281. The van der Waals surface area contributed by atoms with E-state index in [2.05, 4.69) is 37.2 Å². The Balaban J connectivity index is 1.51. The molecule has 3 heteroatoms. The normalized spacial score (nSPS) is 51.2. The van der Waals surface area contributed by atoms with Crippen LogP contribution in [0.4, 0.5) is 0 Å². The van der Waals surface area contributed by atoms with Gasteiger partial charge in [0.05, 0.1) is 17.9 Å². The van der Waals surface area contributed by atoms with E-state index in [1.54, 1.807) is 5.57 Å². The molecule has 142 valence electrons. The second-order valence-corrected chi connectivity index (χ2v) is 9.77. The van der Waals surface area contributed by atoms with Crippen molar-refractivity contribution < 1.29 is 9.94 Å². The molecule has 3 fully saturated rings. The predicted octanol–water partition coefficient (Wildman–Crippen LogP) is 5.35. The fraction of sp³-hybridized carbons (Fsp3) is 0.783. The average Bonchev–Trinajstić information content (AvgIpc) is 3.26. The third-order valence-corrected chi connectivity index (χ3v) is 9.14. The van der Waals surface area contributed by atoms with Crippen molar-refractivity contribution in [2.24, 2.45) is 40.2 Å². The van der Waals surface area contributed by atoms with Gasteiger partial charge in [0.2, 0.25) is 0 Å². The Labute approximate surface area is 157 Å². The fourth-order valence-electron chi connectivity index (χ4n) is 7.92. The van der Waals surface area contributed by atoms with Gasteiger partial charge in [-0.15, -0.1) is 0 Å². The lowest BCUT2D eigenvalue weighted by atomic mass is 9.48. The molecule has 3 nitrogen and oxygen atoms in total. The van der Waals surface area contributed by atoms with Gasteiger partial charge in [-0.2, -0.15) is 0 Å². The molecule has 3 unspecified atom stereocenters. The molecule has 5 rings (SSSR count). The van der Waals surface area contributed by atoms with Crippen molar-refractivity contribution in [2.45, 2.75) is 70.8 Å². The first-order chi connectivity index (χ1) is 12.6. The van der Waals surface area contributed by atoms with Gasteiger partial charge in [-0.3, -0.25) is 0 Å². The maximum absolute atomic E-state index is 9.23. The molecule has 0 aromatic rings. The predicted molar refractivity (Wildman–Crippen MR) is 103 cm³/mol. The Hall–Kier alpha value is -1.09. The van der Waals surface area contributed by atoms with Gasteiger partial charge in [0.15, 0.2) is 0 Å². The van der Waals surface area contributed by atoms with Gasteiger partial charge in [-0.1, -0.05) is 43.1 Å². The zero-order chi connectivity index (χ0) is 17.9. The van der Waals surface area contributed by atoms with Gasteiger partial charge in [-0.05, 0) is 80.6 Å². The maximum atomic E-state index is 9.23. The highest BCUT2D eigenvalue weighted by Crippen LogP contribution is 2.67. The standard InChI is InChI=1S/C23H33NO2/c1-3-15-13-16-14-17(24-25)5-6-18(16)19-7-10-22(2)20(21(15)19)8-11-23(22)9-4-12-26-23/h4,9,14-15,18-21,25H,3,5-8,10-13H2,1-2H3/b24-17+/t15-,18-,19?,20?,21?,22-,23-/m0/s1. The molecule has 1 aliphatic heterocycles. The van der Waals surface area contributed by atoms with Gasteiger partial charge in [0.25, 0.3) is 0 Å². The summed E-state index contributed by atoms with van der Waals surface area (Å²) in [5, 5.41) is 12.8. The van der Waals surface area contributed by atoms with Crippen molar-refractivity contribution in [1.29, 1.82) is 0 Å². The van der Waals surface area contributed by atoms with Crippen LogP contribution in [0.1, 0.15) is 65.2 Å². The van der Waals surface area contributed by atoms with E-state index < -0.39 is 0 Å². The summed E-state index contributed by atoms with van der Waals surface area (Å²) < 4.78 is 6.39. The van der Waals surface area contributed by atoms with Crippen molar-refractivity contribution in [3.8, 4) is 0 Å². The minimum atomic E-state index is 0.0281. The number of nitrogens with zero attached hydrogens (tertiary/aromatic N) is 1. The summed E-state index contributed by atoms with van der Waals surface area (Å²) in [6, 6.07) is 0. The van der Waals surface area contributed by atoms with Gasteiger partial charge in [0.1, 0.15) is 0 Å². The number of allylic oxidation sites excluding steroid dienone is 2. The van der Waals surface area contributed by atoms with Gasteiger partial charge < -0.3 is 9.94 Å². The molecule has 3 saturated carbocycles. The fourth-order valence-corrected chi connectivity index (χ4v) is 7.92. The largest absolute Gasteiger partial charge is 0.411 e. The smallest absolute Gasteiger partial charge is 0.0923 e. The monoisotopic (exact) mass is 355 g/mol. The number of fused-ring (bicyclic) bond motifs is 6. The quantitative estimate of drug-likeness (QED) is 0.391. The molecule has 4 aliphatic carbocycles. The molecular formula is C23H33NO2. The summed E-state index contributed by atoms with van der Waals surface area (Å²) in [6.07, 6.45) is 16.8. The molecule has 0 amide bonds. The summed E-state index contributed by atoms with van der Waals surface area (Å²) in [7, 11) is 0. The number of ether oxygens (including phenoxy) is 1. The molecule has 1 spiro atoms. The van der Waals surface area contributed by atoms with Crippen molar-refractivity contribution in [2.75, 3.05) is 6.61 Å². The van der Waals surface area contributed by atoms with Crippen molar-refractivity contribution in [3.63, 3.8) is 0 Å². The molecule has 1 heterocycles. The lowest BCUT2D eigenvalue weighted by molar-refractivity contribution is -0.121. The Kier molecular flexibility index (Phi) is 3.90. The molecular weight excluding hydrogens is 322 g/mol. The van der Waals surface area contributed by atoms with Crippen LogP contribution in [0.5, 0.6) is 0 Å². The van der Waals surface area contributed by atoms with E-state index in [1.807, 2.05) is 0 Å². The zero-order valence-corrected chi connectivity index (χ0v) is 16.3. The Bertz CT molecular complexity index is 680. The first-order valence-electron chi connectivity index (χ1n) is 10.8. The molecule has 0 radical (unpaired) electrons. The third kappa shape index (κ3) is 2.13. The highest BCUT2D eigenvalue weighted by atomic mass is 16.5. The summed E-state index contributed by atoms with van der Waals surface area (Å²) >= 11 is 0. The van der Waals surface area contributed by atoms with Crippen LogP contribution in [0.3, 0.4) is 0 Å². The summed E-state index contributed by atoms with van der Waals surface area (Å²) in [6.45, 7) is 5.74. The summed E-state index contributed by atoms with van der Waals surface area (Å²) in [4.78, 5) is 0. The van der Waals surface area contributed by atoms with E-state index in [0.29, 0.717) is 5.41 Å². The van der Waals surface area contributed by atoms with E-state index in [0.717, 1.165) is 48.3 Å². The maximum Gasteiger partial charge on any atom is 0.0923 e. The highest BCUT2D eigenvalue weighted by molar-refractivity contribution is 5.96. The van der Waals surface area contributed by atoms with Gasteiger partial charge in [0, 0.05) is 5.41 Å². The summed E-state index contributed by atoms with van der Waals surface area (Å²) in [5.41, 5.74) is 2.84. The van der Waals surface area contributed by atoms with Crippen LogP contribution in [0.25, 0.3) is 0 Å². The Morgan fingerprint density at radius 1 is 1.27 bits per heavy atom. The number of oxime groups is 1. The minimum Gasteiger partial charge on any atom is -0.411 e. The Morgan fingerprint density at radius 3 is 2.88 bits per heavy atom. The molecule has 5 aliphatic rings. The molecule has 0 bridgehead atoms. The SMILES string of the molecule is CC[C@H]1CC2=C/C(=N/O)CC[C@@H]2C2CC[C@@]3(C)C(CC[C@@]34C=CCO4)C21. The lowest BCUT2D eigenvalue weighted by Gasteiger charge is -2.58. The number of rotatable bonds is 1. The van der Waals surface area contributed by atoms with Crippen molar-refractivity contribution in [1.82, 2.24) is 0 Å². The van der Waals surface area contributed by atoms with Gasteiger partial charge >= 0.3 is 0 Å². The zero-order valence-electron chi connectivity index (χ0n) is 16.3. The van der Waals surface area contributed by atoms with E-state index in [1.165, 1.54) is 44.9 Å². The van der Waals surface area contributed by atoms with Crippen molar-refractivity contribution >= 4 is 5.71 Å². The first kappa shape index (κ1) is 17.0. The Morgan fingerprint density at radius 2 is 2.15 bits per heavy atom. The van der Waals surface area contributed by atoms with Crippen LogP contribution in [0, 0.1) is 35.0 Å². The molecule has 0 saturated heterocycles. The number of hydrogen-bond donors (Lipinski definition) is 1. The van der Waals surface area contributed by atoms with E-state index in [9.17, 15) is 5.21 Å².